The van der Waals surface area contributed by atoms with Crippen LogP contribution in [0.25, 0.3) is 0 Å². The van der Waals surface area contributed by atoms with Crippen LogP contribution in [0.1, 0.15) is 18.1 Å². The molecule has 1 N–H and O–H groups in total. The fraction of sp³-hybridized carbons (Fsp3) is 0.333. The molecule has 14 heavy (non-hydrogen) atoms. The average Bonchev–Trinajstić information content (AvgIpc) is 2.20. The summed E-state index contributed by atoms with van der Waals surface area (Å²) in [5.74, 6) is 0.994. The highest BCUT2D eigenvalue weighted by atomic mass is 16.5. The Bertz CT molecular complexity index is 329. The Morgan fingerprint density at radius 1 is 1.50 bits per heavy atom. The molecule has 0 amide bonds. The van der Waals surface area contributed by atoms with E-state index in [2.05, 4.69) is 13.5 Å². The van der Waals surface area contributed by atoms with Crippen molar-refractivity contribution in [2.24, 2.45) is 0 Å². The van der Waals surface area contributed by atoms with E-state index in [1.807, 2.05) is 6.07 Å². The number of aromatic hydroxyl groups is 1. The van der Waals surface area contributed by atoms with Gasteiger partial charge in [0.05, 0.1) is 7.11 Å². The second-order valence-electron chi connectivity index (χ2n) is 3.13. The predicted octanol–water partition coefficient (Wildman–Crippen LogP) is 2.69. The molecular weight excluding hydrogens is 176 g/mol. The monoisotopic (exact) mass is 192 g/mol. The standard InChI is InChI=1S/C12H16O2/c1-4-6-11-9(5-2)7-10(14-3)8-12(11)13/h4,7-8,13H,1,5-6H2,2-3H3. The van der Waals surface area contributed by atoms with Crippen molar-refractivity contribution in [1.82, 2.24) is 0 Å². The van der Waals surface area contributed by atoms with E-state index in [1.165, 1.54) is 0 Å². The number of allylic oxidation sites excluding steroid dienone is 1. The van der Waals surface area contributed by atoms with Crippen LogP contribution in [-0.2, 0) is 12.8 Å². The van der Waals surface area contributed by atoms with Gasteiger partial charge in [-0.25, -0.2) is 0 Å². The zero-order chi connectivity index (χ0) is 10.6. The maximum atomic E-state index is 9.74. The minimum atomic E-state index is 0.293. The van der Waals surface area contributed by atoms with Crippen molar-refractivity contribution in [1.29, 1.82) is 0 Å². The van der Waals surface area contributed by atoms with E-state index in [4.69, 9.17) is 4.74 Å². The predicted molar refractivity (Wildman–Crippen MR) is 57.9 cm³/mol. The van der Waals surface area contributed by atoms with Gasteiger partial charge in [-0.1, -0.05) is 13.0 Å². The molecule has 0 aliphatic heterocycles. The van der Waals surface area contributed by atoms with Gasteiger partial charge in [-0.05, 0) is 24.5 Å². The summed E-state index contributed by atoms with van der Waals surface area (Å²) < 4.78 is 5.08. The van der Waals surface area contributed by atoms with E-state index in [-0.39, 0.29) is 0 Å². The van der Waals surface area contributed by atoms with Gasteiger partial charge >= 0.3 is 0 Å². The summed E-state index contributed by atoms with van der Waals surface area (Å²) >= 11 is 0. The first-order chi connectivity index (χ1) is 6.72. The van der Waals surface area contributed by atoms with Gasteiger partial charge < -0.3 is 9.84 Å². The number of methoxy groups -OCH3 is 1. The van der Waals surface area contributed by atoms with Gasteiger partial charge in [0.25, 0.3) is 0 Å². The molecule has 0 bridgehead atoms. The summed E-state index contributed by atoms with van der Waals surface area (Å²) in [6, 6.07) is 3.59. The number of hydrogen-bond acceptors (Lipinski definition) is 2. The van der Waals surface area contributed by atoms with Crippen LogP contribution in [0.5, 0.6) is 11.5 Å². The summed E-state index contributed by atoms with van der Waals surface area (Å²) in [7, 11) is 1.60. The van der Waals surface area contributed by atoms with Crippen LogP contribution in [0.3, 0.4) is 0 Å². The van der Waals surface area contributed by atoms with Crippen LogP contribution in [0.15, 0.2) is 24.8 Å². The molecule has 0 saturated carbocycles. The second-order valence-corrected chi connectivity index (χ2v) is 3.13. The molecule has 0 spiro atoms. The summed E-state index contributed by atoms with van der Waals surface area (Å²) in [6.45, 7) is 5.73. The Kier molecular flexibility index (Phi) is 3.57. The molecule has 0 atom stereocenters. The van der Waals surface area contributed by atoms with Crippen LogP contribution >= 0.6 is 0 Å². The highest BCUT2D eigenvalue weighted by molar-refractivity contribution is 5.46. The third-order valence-corrected chi connectivity index (χ3v) is 2.26. The lowest BCUT2D eigenvalue weighted by molar-refractivity contribution is 0.406. The fourth-order valence-electron chi connectivity index (χ4n) is 1.50. The number of rotatable bonds is 4. The number of hydrogen-bond donors (Lipinski definition) is 1. The molecule has 0 aliphatic rings. The summed E-state index contributed by atoms with van der Waals surface area (Å²) in [4.78, 5) is 0. The van der Waals surface area contributed by atoms with Gasteiger partial charge in [0, 0.05) is 11.6 Å². The van der Waals surface area contributed by atoms with Crippen LogP contribution < -0.4 is 4.74 Å². The van der Waals surface area contributed by atoms with Gasteiger partial charge in [-0.15, -0.1) is 6.58 Å². The molecule has 0 heterocycles. The van der Waals surface area contributed by atoms with Crippen molar-refractivity contribution in [3.63, 3.8) is 0 Å². The lowest BCUT2D eigenvalue weighted by Crippen LogP contribution is -1.94. The van der Waals surface area contributed by atoms with Crippen molar-refractivity contribution in [2.45, 2.75) is 19.8 Å². The molecule has 0 radical (unpaired) electrons. The summed E-state index contributed by atoms with van der Waals surface area (Å²) in [5, 5.41) is 9.74. The second kappa shape index (κ2) is 4.70. The van der Waals surface area contributed by atoms with Crippen molar-refractivity contribution >= 4 is 0 Å². The average molecular weight is 192 g/mol. The maximum Gasteiger partial charge on any atom is 0.123 e. The number of ether oxygens (including phenoxy) is 1. The lowest BCUT2D eigenvalue weighted by Gasteiger charge is -2.10. The van der Waals surface area contributed by atoms with Crippen LogP contribution in [0.2, 0.25) is 0 Å². The Morgan fingerprint density at radius 3 is 2.71 bits per heavy atom. The molecule has 1 aromatic carbocycles. The minimum Gasteiger partial charge on any atom is -0.508 e. The van der Waals surface area contributed by atoms with Crippen LogP contribution in [-0.4, -0.2) is 12.2 Å². The zero-order valence-electron chi connectivity index (χ0n) is 8.71. The summed E-state index contributed by atoms with van der Waals surface area (Å²) in [6.07, 6.45) is 3.37. The Morgan fingerprint density at radius 2 is 2.21 bits per heavy atom. The van der Waals surface area contributed by atoms with Crippen LogP contribution in [0.4, 0.5) is 0 Å². The number of phenolic OH excluding ortho intramolecular Hbond substituents is 1. The molecule has 2 nitrogen and oxygen atoms in total. The molecule has 0 saturated heterocycles. The van der Waals surface area contributed by atoms with Gasteiger partial charge in [0.15, 0.2) is 0 Å². The normalized spacial score (nSPS) is 9.86. The van der Waals surface area contributed by atoms with Crippen molar-refractivity contribution < 1.29 is 9.84 Å². The van der Waals surface area contributed by atoms with E-state index in [9.17, 15) is 5.11 Å². The molecule has 2 heteroatoms. The van der Waals surface area contributed by atoms with Gasteiger partial charge in [-0.2, -0.15) is 0 Å². The van der Waals surface area contributed by atoms with E-state index < -0.39 is 0 Å². The molecule has 76 valence electrons. The first-order valence-electron chi connectivity index (χ1n) is 4.72. The molecule has 0 aliphatic carbocycles. The highest BCUT2D eigenvalue weighted by Crippen LogP contribution is 2.28. The lowest BCUT2D eigenvalue weighted by atomic mass is 10.0. The first kappa shape index (κ1) is 10.6. The van der Waals surface area contributed by atoms with Crippen molar-refractivity contribution in [2.75, 3.05) is 7.11 Å². The number of benzene rings is 1. The minimum absolute atomic E-state index is 0.293. The Balaban J connectivity index is 3.19. The summed E-state index contributed by atoms with van der Waals surface area (Å²) in [5.41, 5.74) is 2.06. The quantitative estimate of drug-likeness (QED) is 0.743. The third-order valence-electron chi connectivity index (χ3n) is 2.26. The number of phenols is 1. The molecule has 1 aromatic rings. The van der Waals surface area contributed by atoms with Gasteiger partial charge in [0.1, 0.15) is 11.5 Å². The topological polar surface area (TPSA) is 29.5 Å². The molecule has 0 aromatic heterocycles. The zero-order valence-corrected chi connectivity index (χ0v) is 8.71. The molecular formula is C12H16O2. The van der Waals surface area contributed by atoms with Crippen molar-refractivity contribution in [3.05, 3.63) is 35.9 Å². The Hall–Kier alpha value is -1.44. The third kappa shape index (κ3) is 2.08. The van der Waals surface area contributed by atoms with Gasteiger partial charge in [-0.3, -0.25) is 0 Å². The fourth-order valence-corrected chi connectivity index (χ4v) is 1.50. The molecule has 0 fully saturated rings. The van der Waals surface area contributed by atoms with Crippen LogP contribution in [0, 0.1) is 0 Å². The SMILES string of the molecule is C=CCc1c(O)cc(OC)cc1CC. The smallest absolute Gasteiger partial charge is 0.123 e. The maximum absolute atomic E-state index is 9.74. The first-order valence-corrected chi connectivity index (χ1v) is 4.72. The number of aryl methyl sites for hydroxylation is 1. The van der Waals surface area contributed by atoms with E-state index in [0.29, 0.717) is 17.9 Å². The van der Waals surface area contributed by atoms with E-state index >= 15 is 0 Å². The van der Waals surface area contributed by atoms with E-state index in [0.717, 1.165) is 17.5 Å². The van der Waals surface area contributed by atoms with Crippen molar-refractivity contribution in [3.8, 4) is 11.5 Å². The van der Waals surface area contributed by atoms with Gasteiger partial charge in [0.2, 0.25) is 0 Å². The van der Waals surface area contributed by atoms with E-state index in [1.54, 1.807) is 19.3 Å². The molecule has 1 rings (SSSR count). The molecule has 0 unspecified atom stereocenters. The largest absolute Gasteiger partial charge is 0.508 e. The highest BCUT2D eigenvalue weighted by Gasteiger charge is 2.07. The Labute approximate surface area is 84.8 Å².